The fraction of sp³-hybridized carbons (Fsp3) is 0.455. The van der Waals surface area contributed by atoms with Gasteiger partial charge in [-0.3, -0.25) is 9.88 Å². The molecule has 1 aromatic carbocycles. The van der Waals surface area contributed by atoms with Crippen LogP contribution in [0.3, 0.4) is 0 Å². The van der Waals surface area contributed by atoms with E-state index in [-0.39, 0.29) is 5.92 Å². The highest BCUT2D eigenvalue weighted by Crippen LogP contribution is 2.36. The minimum atomic E-state index is -0.520. The van der Waals surface area contributed by atoms with Crippen LogP contribution in [0.2, 0.25) is 0 Å². The molecule has 2 aliphatic heterocycles. The molecule has 3 heterocycles. The van der Waals surface area contributed by atoms with E-state index in [1.165, 1.54) is 16.7 Å². The van der Waals surface area contributed by atoms with E-state index in [1.807, 2.05) is 18.6 Å². The van der Waals surface area contributed by atoms with Gasteiger partial charge < -0.3 is 4.74 Å². The Morgan fingerprint density at radius 1 is 1.11 bits per heavy atom. The van der Waals surface area contributed by atoms with Crippen molar-refractivity contribution in [2.24, 2.45) is 21.4 Å². The van der Waals surface area contributed by atoms with Crippen molar-refractivity contribution in [3.63, 3.8) is 0 Å². The third-order valence-corrected chi connectivity index (χ3v) is 5.77. The van der Waals surface area contributed by atoms with Gasteiger partial charge in [0.1, 0.15) is 5.54 Å². The molecule has 1 aromatic heterocycles. The molecular formula is C22H27N5O. The summed E-state index contributed by atoms with van der Waals surface area (Å²) >= 11 is 0. The van der Waals surface area contributed by atoms with Gasteiger partial charge in [-0.2, -0.15) is 5.11 Å². The van der Waals surface area contributed by atoms with Gasteiger partial charge in [-0.05, 0) is 40.8 Å². The number of rotatable bonds is 5. The van der Waals surface area contributed by atoms with Gasteiger partial charge in [0.25, 0.3) is 0 Å². The molecule has 146 valence electrons. The Balaban J connectivity index is 1.60. The number of ether oxygens (including phenoxy) is 1. The number of nitrogens with zero attached hydrogens (tertiary/aromatic N) is 5. The van der Waals surface area contributed by atoms with Crippen LogP contribution >= 0.6 is 0 Å². The van der Waals surface area contributed by atoms with Crippen LogP contribution in [0.15, 0.2) is 52.1 Å². The average molecular weight is 377 g/mol. The summed E-state index contributed by atoms with van der Waals surface area (Å²) in [6, 6.07) is 8.85. The molecule has 28 heavy (non-hydrogen) atoms. The lowest BCUT2D eigenvalue weighted by atomic mass is 9.82. The van der Waals surface area contributed by atoms with Crippen molar-refractivity contribution >= 4 is 6.21 Å². The molecule has 0 spiro atoms. The first-order valence-electron chi connectivity index (χ1n) is 9.90. The Hall–Kier alpha value is -2.44. The topological polar surface area (TPSA) is 62.4 Å². The maximum atomic E-state index is 5.45. The zero-order valence-electron chi connectivity index (χ0n) is 16.8. The lowest BCUT2D eigenvalue weighted by Crippen LogP contribution is -2.35. The van der Waals surface area contributed by atoms with E-state index in [0.717, 1.165) is 44.0 Å². The second-order valence-corrected chi connectivity index (χ2v) is 7.91. The van der Waals surface area contributed by atoms with E-state index in [2.05, 4.69) is 70.4 Å². The summed E-state index contributed by atoms with van der Waals surface area (Å²) in [7, 11) is 0. The minimum Gasteiger partial charge on any atom is -0.379 e. The molecule has 0 amide bonds. The van der Waals surface area contributed by atoms with Crippen molar-refractivity contribution in [1.29, 1.82) is 0 Å². The molecule has 2 aromatic rings. The molecule has 1 unspecified atom stereocenters. The van der Waals surface area contributed by atoms with Crippen LogP contribution in [0.5, 0.6) is 0 Å². The Labute approximate surface area is 166 Å². The Bertz CT molecular complexity index is 888. The minimum absolute atomic E-state index is 0.247. The van der Waals surface area contributed by atoms with E-state index in [9.17, 15) is 0 Å². The number of benzene rings is 1. The number of aryl methyl sites for hydroxylation is 1. The van der Waals surface area contributed by atoms with Crippen LogP contribution in [-0.2, 0) is 16.8 Å². The number of aromatic nitrogens is 1. The Morgan fingerprint density at radius 3 is 2.61 bits per heavy atom. The quantitative estimate of drug-likeness (QED) is 0.785. The van der Waals surface area contributed by atoms with Crippen LogP contribution in [0.4, 0.5) is 0 Å². The standard InChI is InChI=1S/C22H27N5O/c1-16(2)22(15-24-26-25-22)21-11-20(12-23-13-21)18-4-5-19(17(3)10-18)14-27-6-8-28-9-7-27/h4-5,10-13,15-16H,6-9,14H2,1-3H3. The first-order valence-corrected chi connectivity index (χ1v) is 9.90. The largest absolute Gasteiger partial charge is 0.379 e. The van der Waals surface area contributed by atoms with Gasteiger partial charge in [-0.1, -0.05) is 32.0 Å². The highest BCUT2D eigenvalue weighted by Gasteiger charge is 2.37. The lowest BCUT2D eigenvalue weighted by molar-refractivity contribution is 0.0341. The Kier molecular flexibility index (Phi) is 5.33. The summed E-state index contributed by atoms with van der Waals surface area (Å²) in [5.74, 6) is 0.247. The zero-order chi connectivity index (χ0) is 19.6. The van der Waals surface area contributed by atoms with Crippen LogP contribution in [-0.4, -0.2) is 42.4 Å². The van der Waals surface area contributed by atoms with Crippen LogP contribution in [0.25, 0.3) is 11.1 Å². The predicted molar refractivity (Wildman–Crippen MR) is 110 cm³/mol. The molecule has 6 nitrogen and oxygen atoms in total. The lowest BCUT2D eigenvalue weighted by Gasteiger charge is -2.27. The Morgan fingerprint density at radius 2 is 1.93 bits per heavy atom. The normalized spacial score (nSPS) is 22.3. The molecule has 0 bridgehead atoms. The summed E-state index contributed by atoms with van der Waals surface area (Å²) in [4.78, 5) is 6.94. The first kappa shape index (κ1) is 18.9. The number of hydrogen-bond donors (Lipinski definition) is 0. The molecule has 4 rings (SSSR count). The van der Waals surface area contributed by atoms with E-state index in [0.29, 0.717) is 0 Å². The predicted octanol–water partition coefficient (Wildman–Crippen LogP) is 4.19. The monoisotopic (exact) mass is 377 g/mol. The molecule has 1 fully saturated rings. The summed E-state index contributed by atoms with van der Waals surface area (Å²) in [6.45, 7) is 11.1. The number of pyridine rings is 1. The van der Waals surface area contributed by atoms with Crippen molar-refractivity contribution in [2.75, 3.05) is 26.3 Å². The van der Waals surface area contributed by atoms with E-state index in [4.69, 9.17) is 4.74 Å². The van der Waals surface area contributed by atoms with Gasteiger partial charge in [0.15, 0.2) is 0 Å². The third kappa shape index (κ3) is 3.62. The van der Waals surface area contributed by atoms with Gasteiger partial charge >= 0.3 is 0 Å². The van der Waals surface area contributed by atoms with E-state index < -0.39 is 5.54 Å². The first-order chi connectivity index (χ1) is 13.6. The molecule has 0 radical (unpaired) electrons. The van der Waals surface area contributed by atoms with E-state index in [1.54, 1.807) is 0 Å². The maximum absolute atomic E-state index is 5.45. The van der Waals surface area contributed by atoms with Gasteiger partial charge in [0.2, 0.25) is 0 Å². The van der Waals surface area contributed by atoms with Crippen molar-refractivity contribution in [3.8, 4) is 11.1 Å². The summed E-state index contributed by atoms with van der Waals surface area (Å²) in [6.07, 6.45) is 5.62. The SMILES string of the molecule is Cc1cc(-c2cncc(C3(C(C)C)C=NN=N3)c2)ccc1CN1CCOCC1. The third-order valence-electron chi connectivity index (χ3n) is 5.77. The second kappa shape index (κ2) is 7.89. The van der Waals surface area contributed by atoms with Crippen molar-refractivity contribution in [1.82, 2.24) is 9.88 Å². The fourth-order valence-corrected chi connectivity index (χ4v) is 3.84. The maximum Gasteiger partial charge on any atom is 0.149 e. The highest BCUT2D eigenvalue weighted by atomic mass is 16.5. The van der Waals surface area contributed by atoms with Crippen molar-refractivity contribution in [3.05, 3.63) is 53.3 Å². The molecule has 1 saturated heterocycles. The second-order valence-electron chi connectivity index (χ2n) is 7.91. The highest BCUT2D eigenvalue weighted by molar-refractivity contribution is 5.76. The van der Waals surface area contributed by atoms with Gasteiger partial charge in [0.05, 0.1) is 19.4 Å². The van der Waals surface area contributed by atoms with Crippen LogP contribution < -0.4 is 0 Å². The van der Waals surface area contributed by atoms with Gasteiger partial charge in [-0.25, -0.2) is 0 Å². The number of morpholine rings is 1. The van der Waals surface area contributed by atoms with E-state index >= 15 is 0 Å². The molecule has 0 saturated carbocycles. The number of hydrogen-bond acceptors (Lipinski definition) is 6. The molecular weight excluding hydrogens is 350 g/mol. The smallest absolute Gasteiger partial charge is 0.149 e. The van der Waals surface area contributed by atoms with Crippen molar-refractivity contribution in [2.45, 2.75) is 32.9 Å². The van der Waals surface area contributed by atoms with Crippen LogP contribution in [0, 0.1) is 12.8 Å². The summed E-state index contributed by atoms with van der Waals surface area (Å²) in [5, 5.41) is 12.3. The van der Waals surface area contributed by atoms with Crippen molar-refractivity contribution < 1.29 is 4.74 Å². The molecule has 6 heteroatoms. The fourth-order valence-electron chi connectivity index (χ4n) is 3.84. The van der Waals surface area contributed by atoms with Gasteiger partial charge in [-0.15, -0.1) is 5.10 Å². The molecule has 2 aliphatic rings. The molecule has 1 atom stereocenters. The summed E-state index contributed by atoms with van der Waals surface area (Å²) in [5.41, 5.74) is 5.44. The average Bonchev–Trinajstić information content (AvgIpc) is 3.22. The van der Waals surface area contributed by atoms with Gasteiger partial charge in [0, 0.05) is 43.2 Å². The van der Waals surface area contributed by atoms with Crippen LogP contribution in [0.1, 0.15) is 30.5 Å². The summed E-state index contributed by atoms with van der Waals surface area (Å²) < 4.78 is 5.45. The molecule has 0 aliphatic carbocycles. The molecule has 0 N–H and O–H groups in total. The zero-order valence-corrected chi connectivity index (χ0v) is 16.8.